The Balaban J connectivity index is 2.05. The van der Waals surface area contributed by atoms with E-state index in [1.54, 1.807) is 12.1 Å². The molecule has 0 atom stereocenters. The van der Waals surface area contributed by atoms with Crippen LogP contribution in [0.4, 0.5) is 4.39 Å². The lowest BCUT2D eigenvalue weighted by Crippen LogP contribution is -2.39. The highest BCUT2D eigenvalue weighted by atomic mass is 19.1. The number of benzene rings is 1. The van der Waals surface area contributed by atoms with Crippen LogP contribution in [0.15, 0.2) is 24.3 Å². The van der Waals surface area contributed by atoms with Crippen molar-refractivity contribution in [3.05, 3.63) is 41.2 Å². The number of halogens is 1. The summed E-state index contributed by atoms with van der Waals surface area (Å²) >= 11 is 0. The number of likely N-dealkylation sites (tertiary alicyclic amines) is 1. The first-order valence-corrected chi connectivity index (χ1v) is 7.27. The number of piperidine rings is 1. The van der Waals surface area contributed by atoms with Gasteiger partial charge in [0, 0.05) is 24.7 Å². The van der Waals surface area contributed by atoms with Gasteiger partial charge in [0.2, 0.25) is 0 Å². The predicted octanol–water partition coefficient (Wildman–Crippen LogP) is 3.55. The number of carboxylic acids is 1. The molecule has 1 N–H and O–H groups in total. The molecule has 0 aromatic heterocycles. The summed E-state index contributed by atoms with van der Waals surface area (Å²) in [7, 11) is 0. The monoisotopic (exact) mass is 291 g/mol. The highest BCUT2D eigenvalue weighted by Gasteiger charge is 2.26. The molecule has 0 bridgehead atoms. The first-order valence-electron chi connectivity index (χ1n) is 7.27. The maximum absolute atomic E-state index is 14.1. The first-order chi connectivity index (χ1) is 9.85. The average Bonchev–Trinajstić information content (AvgIpc) is 2.38. The van der Waals surface area contributed by atoms with Crippen LogP contribution >= 0.6 is 0 Å². The molecule has 1 saturated heterocycles. The van der Waals surface area contributed by atoms with Gasteiger partial charge in [-0.3, -0.25) is 4.90 Å². The van der Waals surface area contributed by atoms with E-state index in [1.807, 2.05) is 0 Å². The summed E-state index contributed by atoms with van der Waals surface area (Å²) in [6.07, 6.45) is 4.78. The third-order valence-electron chi connectivity index (χ3n) is 3.87. The molecule has 0 unspecified atom stereocenters. The zero-order valence-electron chi connectivity index (χ0n) is 12.6. The number of carboxylic acid groups (broad SMARTS) is 1. The summed E-state index contributed by atoms with van der Waals surface area (Å²) in [5, 5.41) is 8.58. The van der Waals surface area contributed by atoms with Gasteiger partial charge < -0.3 is 5.11 Å². The minimum atomic E-state index is -1.03. The molecule has 1 fully saturated rings. The van der Waals surface area contributed by atoms with Crippen LogP contribution in [-0.4, -0.2) is 29.1 Å². The molecule has 114 valence electrons. The Kier molecular flexibility index (Phi) is 4.78. The molecule has 1 aromatic carbocycles. The second-order valence-electron chi connectivity index (χ2n) is 6.50. The largest absolute Gasteiger partial charge is 0.478 e. The SMILES string of the molecule is CC1(C)CCCN(Cc2ccc(C=CC(=O)O)cc2F)C1. The van der Waals surface area contributed by atoms with Gasteiger partial charge in [0.15, 0.2) is 0 Å². The second kappa shape index (κ2) is 6.39. The standard InChI is InChI=1S/C17H22FNO2/c1-17(2)8-3-9-19(12-17)11-14-6-4-13(10-15(14)18)5-7-16(20)21/h4-7,10H,3,8-9,11-12H2,1-2H3,(H,20,21). The Morgan fingerprint density at radius 3 is 2.86 bits per heavy atom. The quantitative estimate of drug-likeness (QED) is 0.863. The molecule has 1 aromatic rings. The smallest absolute Gasteiger partial charge is 0.328 e. The summed E-state index contributed by atoms with van der Waals surface area (Å²) in [6, 6.07) is 4.90. The highest BCUT2D eigenvalue weighted by Crippen LogP contribution is 2.29. The van der Waals surface area contributed by atoms with Gasteiger partial charge in [0.25, 0.3) is 0 Å². The van der Waals surface area contributed by atoms with Gasteiger partial charge in [-0.05, 0) is 42.5 Å². The fourth-order valence-electron chi connectivity index (χ4n) is 2.88. The fourth-order valence-corrected chi connectivity index (χ4v) is 2.88. The molecule has 0 amide bonds. The van der Waals surface area contributed by atoms with E-state index >= 15 is 0 Å². The summed E-state index contributed by atoms with van der Waals surface area (Å²) in [4.78, 5) is 12.7. The highest BCUT2D eigenvalue weighted by molar-refractivity contribution is 5.85. The van der Waals surface area contributed by atoms with Crippen molar-refractivity contribution in [1.29, 1.82) is 0 Å². The van der Waals surface area contributed by atoms with E-state index in [9.17, 15) is 9.18 Å². The van der Waals surface area contributed by atoms with Crippen LogP contribution in [0.25, 0.3) is 6.08 Å². The molecule has 0 saturated carbocycles. The molecule has 0 spiro atoms. The van der Waals surface area contributed by atoms with Gasteiger partial charge in [-0.1, -0.05) is 26.0 Å². The zero-order chi connectivity index (χ0) is 15.5. The Hall–Kier alpha value is -1.68. The van der Waals surface area contributed by atoms with Crippen molar-refractivity contribution in [1.82, 2.24) is 4.90 Å². The van der Waals surface area contributed by atoms with Crippen LogP contribution in [0.5, 0.6) is 0 Å². The van der Waals surface area contributed by atoms with Crippen LogP contribution in [0.1, 0.15) is 37.8 Å². The van der Waals surface area contributed by atoms with Crippen LogP contribution in [-0.2, 0) is 11.3 Å². The fraction of sp³-hybridized carbons (Fsp3) is 0.471. The molecular formula is C17H22FNO2. The van der Waals surface area contributed by atoms with Crippen molar-refractivity contribution < 1.29 is 14.3 Å². The van der Waals surface area contributed by atoms with Crippen LogP contribution in [0, 0.1) is 11.2 Å². The molecule has 1 aliphatic rings. The number of aliphatic carboxylic acids is 1. The predicted molar refractivity (Wildman–Crippen MR) is 81.4 cm³/mol. The third-order valence-corrected chi connectivity index (χ3v) is 3.87. The first kappa shape index (κ1) is 15.7. The molecule has 2 rings (SSSR count). The molecule has 0 aliphatic carbocycles. The van der Waals surface area contributed by atoms with E-state index in [1.165, 1.54) is 18.6 Å². The second-order valence-corrected chi connectivity index (χ2v) is 6.50. The van der Waals surface area contributed by atoms with E-state index in [0.717, 1.165) is 25.6 Å². The Labute approximate surface area is 125 Å². The van der Waals surface area contributed by atoms with Crippen molar-refractivity contribution in [3.63, 3.8) is 0 Å². The maximum atomic E-state index is 14.1. The van der Waals surface area contributed by atoms with Crippen molar-refractivity contribution in [3.8, 4) is 0 Å². The van der Waals surface area contributed by atoms with Crippen LogP contribution in [0.3, 0.4) is 0 Å². The van der Waals surface area contributed by atoms with E-state index in [-0.39, 0.29) is 5.82 Å². The van der Waals surface area contributed by atoms with Crippen molar-refractivity contribution in [2.75, 3.05) is 13.1 Å². The van der Waals surface area contributed by atoms with E-state index < -0.39 is 5.97 Å². The van der Waals surface area contributed by atoms with E-state index in [4.69, 9.17) is 5.11 Å². The summed E-state index contributed by atoms with van der Waals surface area (Å²) < 4.78 is 14.1. The topological polar surface area (TPSA) is 40.5 Å². The molecular weight excluding hydrogens is 269 g/mol. The van der Waals surface area contributed by atoms with Crippen LogP contribution < -0.4 is 0 Å². The molecule has 0 radical (unpaired) electrons. The van der Waals surface area contributed by atoms with Crippen molar-refractivity contribution in [2.45, 2.75) is 33.2 Å². The summed E-state index contributed by atoms with van der Waals surface area (Å²) in [5.74, 6) is -1.30. The number of carbonyl (C=O) groups is 1. The maximum Gasteiger partial charge on any atom is 0.328 e. The molecule has 1 heterocycles. The molecule has 21 heavy (non-hydrogen) atoms. The Morgan fingerprint density at radius 1 is 1.48 bits per heavy atom. The van der Waals surface area contributed by atoms with Crippen molar-refractivity contribution in [2.24, 2.45) is 5.41 Å². The van der Waals surface area contributed by atoms with Gasteiger partial charge in [0.05, 0.1) is 0 Å². The van der Waals surface area contributed by atoms with Gasteiger partial charge in [0.1, 0.15) is 5.82 Å². The van der Waals surface area contributed by atoms with Gasteiger partial charge in [-0.25, -0.2) is 9.18 Å². The molecule has 3 nitrogen and oxygen atoms in total. The van der Waals surface area contributed by atoms with Crippen molar-refractivity contribution >= 4 is 12.0 Å². The van der Waals surface area contributed by atoms with Gasteiger partial charge in [-0.2, -0.15) is 0 Å². The van der Waals surface area contributed by atoms with Crippen LogP contribution in [0.2, 0.25) is 0 Å². The summed E-state index contributed by atoms with van der Waals surface area (Å²) in [6.45, 7) is 7.08. The minimum Gasteiger partial charge on any atom is -0.478 e. The number of nitrogens with zero attached hydrogens (tertiary/aromatic N) is 1. The lowest BCUT2D eigenvalue weighted by Gasteiger charge is -2.38. The number of rotatable bonds is 4. The normalized spacial score (nSPS) is 19.0. The van der Waals surface area contributed by atoms with E-state index in [2.05, 4.69) is 18.7 Å². The number of hydrogen-bond donors (Lipinski definition) is 1. The summed E-state index contributed by atoms with van der Waals surface area (Å²) in [5.41, 5.74) is 1.52. The van der Waals surface area contributed by atoms with Gasteiger partial charge >= 0.3 is 5.97 Å². The third kappa shape index (κ3) is 4.67. The average molecular weight is 291 g/mol. The molecule has 4 heteroatoms. The Morgan fingerprint density at radius 2 is 2.24 bits per heavy atom. The Bertz CT molecular complexity index is 552. The minimum absolute atomic E-state index is 0.272. The molecule has 1 aliphatic heterocycles. The lowest BCUT2D eigenvalue weighted by molar-refractivity contribution is -0.131. The number of hydrogen-bond acceptors (Lipinski definition) is 2. The van der Waals surface area contributed by atoms with Gasteiger partial charge in [-0.15, -0.1) is 0 Å². The zero-order valence-corrected chi connectivity index (χ0v) is 12.6. The lowest BCUT2D eigenvalue weighted by atomic mass is 9.84. The van der Waals surface area contributed by atoms with E-state index in [0.29, 0.717) is 23.1 Å².